The summed E-state index contributed by atoms with van der Waals surface area (Å²) >= 11 is 0. The average Bonchev–Trinajstić information content (AvgIpc) is 3.24. The van der Waals surface area contributed by atoms with Crippen LogP contribution in [0.3, 0.4) is 0 Å². The van der Waals surface area contributed by atoms with E-state index in [0.29, 0.717) is 0 Å². The standard InChI is InChI=1S/C30H24N2/c1-21-10-12-23(13-11-21)24-16-18-27(19-17-24)32-29-9-5-4-8-28(29)31-30(32)26-15-14-22-6-2-3-7-25(22)20-26/h2-3,5-7,9-20H,4,8H2,1H3. The van der Waals surface area contributed by atoms with Crippen LogP contribution in [-0.4, -0.2) is 9.55 Å². The van der Waals surface area contributed by atoms with Crippen LogP contribution in [0.2, 0.25) is 0 Å². The van der Waals surface area contributed by atoms with Gasteiger partial charge in [0.2, 0.25) is 0 Å². The van der Waals surface area contributed by atoms with E-state index in [0.717, 1.165) is 29.9 Å². The van der Waals surface area contributed by atoms with Crippen molar-refractivity contribution in [3.63, 3.8) is 0 Å². The molecule has 0 unspecified atom stereocenters. The molecule has 1 aromatic heterocycles. The van der Waals surface area contributed by atoms with Gasteiger partial charge in [-0.05, 0) is 65.9 Å². The molecule has 0 amide bonds. The molecule has 0 saturated heterocycles. The molecule has 0 fully saturated rings. The Morgan fingerprint density at radius 1 is 0.719 bits per heavy atom. The van der Waals surface area contributed by atoms with E-state index in [1.165, 1.54) is 38.9 Å². The van der Waals surface area contributed by atoms with Gasteiger partial charge in [0.05, 0.1) is 11.4 Å². The summed E-state index contributed by atoms with van der Waals surface area (Å²) in [6, 6.07) is 32.7. The number of rotatable bonds is 3. The van der Waals surface area contributed by atoms with Crippen molar-refractivity contribution >= 4 is 16.8 Å². The van der Waals surface area contributed by atoms with Gasteiger partial charge in [0.25, 0.3) is 0 Å². The molecule has 6 rings (SSSR count). The minimum Gasteiger partial charge on any atom is -0.293 e. The first-order valence-corrected chi connectivity index (χ1v) is 11.2. The fourth-order valence-electron chi connectivity index (χ4n) is 4.58. The van der Waals surface area contributed by atoms with Gasteiger partial charge < -0.3 is 0 Å². The monoisotopic (exact) mass is 412 g/mol. The van der Waals surface area contributed by atoms with E-state index in [4.69, 9.17) is 4.98 Å². The first-order chi connectivity index (χ1) is 15.8. The number of benzene rings is 4. The Kier molecular flexibility index (Phi) is 4.50. The van der Waals surface area contributed by atoms with Gasteiger partial charge in [0, 0.05) is 11.3 Å². The molecule has 0 aliphatic heterocycles. The zero-order valence-electron chi connectivity index (χ0n) is 18.1. The topological polar surface area (TPSA) is 17.8 Å². The maximum absolute atomic E-state index is 5.11. The summed E-state index contributed by atoms with van der Waals surface area (Å²) in [5.74, 6) is 1.01. The quantitative estimate of drug-likeness (QED) is 0.298. The maximum atomic E-state index is 5.11. The second kappa shape index (κ2) is 7.65. The van der Waals surface area contributed by atoms with Crippen molar-refractivity contribution < 1.29 is 0 Å². The molecule has 0 radical (unpaired) electrons. The molecule has 4 aromatic carbocycles. The Hall–Kier alpha value is -3.91. The molecule has 0 N–H and O–H groups in total. The van der Waals surface area contributed by atoms with Crippen LogP contribution in [0.15, 0.2) is 97.1 Å². The van der Waals surface area contributed by atoms with E-state index in [9.17, 15) is 0 Å². The summed E-state index contributed by atoms with van der Waals surface area (Å²) in [5, 5.41) is 2.49. The molecule has 154 valence electrons. The lowest BCUT2D eigenvalue weighted by atomic mass is 10.0. The van der Waals surface area contributed by atoms with Crippen LogP contribution in [0.25, 0.3) is 45.1 Å². The number of hydrogen-bond donors (Lipinski definition) is 0. The lowest BCUT2D eigenvalue weighted by Gasteiger charge is -2.13. The molecule has 5 aromatic rings. The van der Waals surface area contributed by atoms with Crippen LogP contribution in [0.1, 0.15) is 23.4 Å². The fourth-order valence-corrected chi connectivity index (χ4v) is 4.58. The zero-order valence-corrected chi connectivity index (χ0v) is 18.1. The minimum atomic E-state index is 0.987. The molecule has 1 aliphatic rings. The van der Waals surface area contributed by atoms with E-state index in [2.05, 4.69) is 115 Å². The van der Waals surface area contributed by atoms with Gasteiger partial charge in [-0.25, -0.2) is 4.98 Å². The highest BCUT2D eigenvalue weighted by molar-refractivity contribution is 5.87. The van der Waals surface area contributed by atoms with Crippen molar-refractivity contribution in [3.8, 4) is 28.2 Å². The highest BCUT2D eigenvalue weighted by atomic mass is 15.1. The number of allylic oxidation sites excluding steroid dienone is 1. The number of imidazole rings is 1. The number of aromatic nitrogens is 2. The predicted molar refractivity (Wildman–Crippen MR) is 134 cm³/mol. The van der Waals surface area contributed by atoms with Crippen molar-refractivity contribution in [1.29, 1.82) is 0 Å². The molecule has 1 heterocycles. The van der Waals surface area contributed by atoms with Crippen molar-refractivity contribution in [2.24, 2.45) is 0 Å². The molecular formula is C30H24N2. The van der Waals surface area contributed by atoms with Gasteiger partial charge in [0.1, 0.15) is 5.82 Å². The fraction of sp³-hybridized carbons (Fsp3) is 0.100. The summed E-state index contributed by atoms with van der Waals surface area (Å²) < 4.78 is 2.31. The highest BCUT2D eigenvalue weighted by Gasteiger charge is 2.20. The minimum absolute atomic E-state index is 0.987. The third kappa shape index (κ3) is 3.25. The highest BCUT2D eigenvalue weighted by Crippen LogP contribution is 2.33. The maximum Gasteiger partial charge on any atom is 0.145 e. The Morgan fingerprint density at radius 3 is 2.19 bits per heavy atom. The molecular weight excluding hydrogens is 388 g/mol. The van der Waals surface area contributed by atoms with Crippen LogP contribution in [0, 0.1) is 6.92 Å². The Morgan fingerprint density at radius 2 is 1.41 bits per heavy atom. The summed E-state index contributed by atoms with van der Waals surface area (Å²) in [6.07, 6.45) is 6.52. The molecule has 0 saturated carbocycles. The van der Waals surface area contributed by atoms with Crippen molar-refractivity contribution in [1.82, 2.24) is 9.55 Å². The second-order valence-electron chi connectivity index (χ2n) is 8.52. The molecule has 2 heteroatoms. The molecule has 1 aliphatic carbocycles. The summed E-state index contributed by atoms with van der Waals surface area (Å²) in [7, 11) is 0. The molecule has 0 atom stereocenters. The van der Waals surface area contributed by atoms with E-state index in [1.54, 1.807) is 0 Å². The van der Waals surface area contributed by atoms with Crippen molar-refractivity contribution in [2.75, 3.05) is 0 Å². The number of fused-ring (bicyclic) bond motifs is 2. The molecule has 0 spiro atoms. The van der Waals surface area contributed by atoms with E-state index < -0.39 is 0 Å². The van der Waals surface area contributed by atoms with Crippen LogP contribution in [0.4, 0.5) is 0 Å². The Labute approximate surface area is 188 Å². The molecule has 2 nitrogen and oxygen atoms in total. The summed E-state index contributed by atoms with van der Waals surface area (Å²) in [6.45, 7) is 2.12. The lowest BCUT2D eigenvalue weighted by Crippen LogP contribution is -2.02. The first kappa shape index (κ1) is 18.8. The van der Waals surface area contributed by atoms with E-state index >= 15 is 0 Å². The summed E-state index contributed by atoms with van der Waals surface area (Å²) in [5.41, 5.74) is 8.41. The SMILES string of the molecule is Cc1ccc(-c2ccc(-n3c(-c4ccc5ccccc5c4)nc4c3C=CCC4)cc2)cc1. The Bertz CT molecular complexity index is 1450. The second-order valence-corrected chi connectivity index (χ2v) is 8.52. The summed E-state index contributed by atoms with van der Waals surface area (Å²) in [4.78, 5) is 5.11. The smallest absolute Gasteiger partial charge is 0.145 e. The van der Waals surface area contributed by atoms with Gasteiger partial charge in [-0.15, -0.1) is 0 Å². The van der Waals surface area contributed by atoms with Gasteiger partial charge in [-0.2, -0.15) is 0 Å². The number of hydrogen-bond acceptors (Lipinski definition) is 1. The van der Waals surface area contributed by atoms with Gasteiger partial charge in [-0.1, -0.05) is 84.4 Å². The van der Waals surface area contributed by atoms with E-state index in [1.807, 2.05) is 0 Å². The predicted octanol–water partition coefficient (Wildman–Crippen LogP) is 7.63. The third-order valence-electron chi connectivity index (χ3n) is 6.33. The number of aryl methyl sites for hydroxylation is 2. The normalized spacial score (nSPS) is 12.8. The first-order valence-electron chi connectivity index (χ1n) is 11.2. The largest absolute Gasteiger partial charge is 0.293 e. The lowest BCUT2D eigenvalue weighted by molar-refractivity contribution is 0.936. The van der Waals surface area contributed by atoms with Crippen LogP contribution in [0.5, 0.6) is 0 Å². The zero-order chi connectivity index (χ0) is 21.5. The van der Waals surface area contributed by atoms with Crippen LogP contribution in [-0.2, 0) is 6.42 Å². The average molecular weight is 413 g/mol. The van der Waals surface area contributed by atoms with Gasteiger partial charge in [0.15, 0.2) is 0 Å². The molecule has 32 heavy (non-hydrogen) atoms. The number of nitrogens with zero attached hydrogens (tertiary/aromatic N) is 2. The molecule has 0 bridgehead atoms. The van der Waals surface area contributed by atoms with Crippen LogP contribution >= 0.6 is 0 Å². The Balaban J connectivity index is 1.49. The van der Waals surface area contributed by atoms with Gasteiger partial charge >= 0.3 is 0 Å². The van der Waals surface area contributed by atoms with Crippen molar-refractivity contribution in [2.45, 2.75) is 19.8 Å². The van der Waals surface area contributed by atoms with Gasteiger partial charge in [-0.3, -0.25) is 4.57 Å². The van der Waals surface area contributed by atoms with Crippen LogP contribution < -0.4 is 0 Å². The van der Waals surface area contributed by atoms with Crippen molar-refractivity contribution in [3.05, 3.63) is 114 Å². The third-order valence-corrected chi connectivity index (χ3v) is 6.33. The van der Waals surface area contributed by atoms with E-state index in [-0.39, 0.29) is 0 Å².